The van der Waals surface area contributed by atoms with Crippen molar-refractivity contribution in [2.75, 3.05) is 26.2 Å². The second kappa shape index (κ2) is 19.7. The lowest BCUT2D eigenvalue weighted by Gasteiger charge is -2.33. The molecule has 74 heavy (non-hydrogen) atoms. The fourth-order valence-corrected chi connectivity index (χ4v) is 10.2. The van der Waals surface area contributed by atoms with E-state index in [1.807, 2.05) is 124 Å². The minimum Gasteiger partial charge on any atom is -0.444 e. The third-order valence-corrected chi connectivity index (χ3v) is 13.9. The number of piperidine rings is 2. The van der Waals surface area contributed by atoms with E-state index in [9.17, 15) is 14.4 Å². The summed E-state index contributed by atoms with van der Waals surface area (Å²) in [6.45, 7) is 8.49. The number of nitrogens with one attached hydrogen (secondary N) is 1. The molecule has 0 atom stereocenters. The molecule has 380 valence electrons. The van der Waals surface area contributed by atoms with Crippen molar-refractivity contribution in [3.8, 4) is 45.0 Å². The maximum Gasteiger partial charge on any atom is 0.410 e. The Balaban J connectivity index is 0.000000170. The van der Waals surface area contributed by atoms with Gasteiger partial charge in [-0.2, -0.15) is 0 Å². The number of halogens is 1. The Morgan fingerprint density at radius 2 is 1.03 bits per heavy atom. The van der Waals surface area contributed by atoms with Gasteiger partial charge in [0.2, 0.25) is 0 Å². The van der Waals surface area contributed by atoms with Crippen molar-refractivity contribution in [3.63, 3.8) is 0 Å². The van der Waals surface area contributed by atoms with Gasteiger partial charge in [0.25, 0.3) is 0 Å². The second-order valence-electron chi connectivity index (χ2n) is 20.0. The molecule has 1 amide bonds. The van der Waals surface area contributed by atoms with Gasteiger partial charge in [-0.15, -0.1) is 22.6 Å². The topological polar surface area (TPSA) is 208 Å². The minimum atomic E-state index is -0.546. The molecule has 2 aliphatic heterocycles. The van der Waals surface area contributed by atoms with Crippen LogP contribution < -0.4 is 16.7 Å². The van der Waals surface area contributed by atoms with Crippen molar-refractivity contribution in [1.29, 1.82) is 0 Å². The lowest BCUT2D eigenvalue weighted by atomic mass is 10.0. The number of rotatable bonds is 6. The maximum atomic E-state index is 13.5. The number of hydrogen-bond acceptors (Lipinski definition) is 13. The Bertz CT molecular complexity index is 3830. The summed E-state index contributed by atoms with van der Waals surface area (Å²) in [6.07, 6.45) is 13.8. The highest BCUT2D eigenvalue weighted by Gasteiger charge is 2.30. The summed E-state index contributed by atoms with van der Waals surface area (Å²) in [5, 5.41) is 21.5. The molecule has 20 nitrogen and oxygen atoms in total. The van der Waals surface area contributed by atoms with E-state index < -0.39 is 5.60 Å². The van der Waals surface area contributed by atoms with E-state index in [0.717, 1.165) is 109 Å². The second-order valence-corrected chi connectivity index (χ2v) is 20.0. The first-order chi connectivity index (χ1) is 35.2. The van der Waals surface area contributed by atoms with Crippen LogP contribution in [0.3, 0.4) is 0 Å². The van der Waals surface area contributed by atoms with Gasteiger partial charge in [0.1, 0.15) is 17.0 Å². The Hall–Kier alpha value is -8.10. The highest BCUT2D eigenvalue weighted by molar-refractivity contribution is 6.05. The third kappa shape index (κ3) is 9.30. The molecule has 12 rings (SSSR count). The molecule has 1 N–H and O–H groups in total. The van der Waals surface area contributed by atoms with Gasteiger partial charge in [-0.05, 0) is 107 Å². The average Bonchev–Trinajstić information content (AvgIpc) is 4.17. The first kappa shape index (κ1) is 49.5. The molecule has 0 spiro atoms. The summed E-state index contributed by atoms with van der Waals surface area (Å²) in [5.41, 5.74) is 11.5. The molecule has 8 aromatic heterocycles. The molecule has 10 aromatic rings. The monoisotopic (exact) mass is 1020 g/mol. The molecule has 0 radical (unpaired) electrons. The molecule has 0 unspecified atom stereocenters. The van der Waals surface area contributed by atoms with Crippen LogP contribution in [0.5, 0.6) is 0 Å². The first-order valence-electron chi connectivity index (χ1n) is 24.5. The highest BCUT2D eigenvalue weighted by Crippen LogP contribution is 2.34. The zero-order chi connectivity index (χ0) is 50.7. The van der Waals surface area contributed by atoms with Crippen LogP contribution in [0.1, 0.15) is 58.5 Å². The molecule has 2 aliphatic rings. The van der Waals surface area contributed by atoms with E-state index in [0.29, 0.717) is 31.6 Å². The molecule has 2 saturated heterocycles. The standard InChI is InChI=1S/C29H32N8O3.C24H24N8O.ClH/c1-29(2,3)40-28(39)36-12-10-20(11-13-36)37-26-21-14-18(6-8-22(21)31-16-25(26)35(5)27(37)38)19-7-9-23(30-15-19)24-17-34(4)33-32-24;1-30-14-21(28-29-30)20-6-4-16(12-26-20)15-3-5-19-18(11-15)23-22(13-27-19)31(2)24(33)32(23)17-7-9-25-10-8-17;/h6-9,14-17,20H,10-13H2,1-5H3;3-6,11-14,17,25H,7-10H2,1-2H3;1H. The van der Waals surface area contributed by atoms with Crippen LogP contribution in [0.2, 0.25) is 0 Å². The molecule has 21 heteroatoms. The van der Waals surface area contributed by atoms with Gasteiger partial charge in [0.15, 0.2) is 0 Å². The van der Waals surface area contributed by atoms with Gasteiger partial charge in [-0.3, -0.25) is 47.6 Å². The summed E-state index contributed by atoms with van der Waals surface area (Å²) >= 11 is 0. The molecule has 10 heterocycles. The van der Waals surface area contributed by atoms with Crippen molar-refractivity contribution in [2.24, 2.45) is 28.2 Å². The Labute approximate surface area is 431 Å². The van der Waals surface area contributed by atoms with E-state index >= 15 is 0 Å². The number of ether oxygens (including phenoxy) is 1. The molecule has 0 bridgehead atoms. The SMILES string of the molecule is Cl.Cn1cc(-c2ccc(-c3ccc4ncc5c(c4c3)n(C3CCN(C(=O)OC(C)(C)C)CC3)c(=O)n5C)cn2)nn1.Cn1cc(-c2ccc(-c3ccc4ncc5c(c4c3)n(C3CCNCC3)c(=O)n5C)cn2)nn1. The van der Waals surface area contributed by atoms with Gasteiger partial charge in [0.05, 0.1) is 69.3 Å². The van der Waals surface area contributed by atoms with Gasteiger partial charge in [0, 0.05) is 87.7 Å². The van der Waals surface area contributed by atoms with Crippen LogP contribution in [0, 0.1) is 0 Å². The Morgan fingerprint density at radius 1 is 0.581 bits per heavy atom. The van der Waals surface area contributed by atoms with Crippen LogP contribution in [0.25, 0.3) is 88.9 Å². The van der Waals surface area contributed by atoms with Gasteiger partial charge in [-0.1, -0.05) is 34.7 Å². The van der Waals surface area contributed by atoms with Crippen molar-refractivity contribution < 1.29 is 9.53 Å². The summed E-state index contributed by atoms with van der Waals surface area (Å²) in [7, 11) is 7.27. The molecule has 2 aromatic carbocycles. The predicted molar refractivity (Wildman–Crippen MR) is 286 cm³/mol. The number of fused-ring (bicyclic) bond motifs is 6. The number of aryl methyl sites for hydroxylation is 4. The first-order valence-corrected chi connectivity index (χ1v) is 24.5. The quantitative estimate of drug-likeness (QED) is 0.172. The Morgan fingerprint density at radius 3 is 1.43 bits per heavy atom. The smallest absolute Gasteiger partial charge is 0.410 e. The lowest BCUT2D eigenvalue weighted by molar-refractivity contribution is 0.0188. The average molecular weight is 1020 g/mol. The molecule has 0 aliphatic carbocycles. The maximum absolute atomic E-state index is 13.5. The summed E-state index contributed by atoms with van der Waals surface area (Å²) < 4.78 is 16.1. The van der Waals surface area contributed by atoms with Crippen LogP contribution in [-0.4, -0.2) is 111 Å². The lowest BCUT2D eigenvalue weighted by Crippen LogP contribution is -2.43. The van der Waals surface area contributed by atoms with E-state index in [1.165, 1.54) is 0 Å². The number of amides is 1. The van der Waals surface area contributed by atoms with E-state index in [1.54, 1.807) is 36.6 Å². The number of carbonyl (C=O) groups is 1. The molecular formula is C53H57ClN16O4. The normalized spacial score (nSPS) is 14.7. The van der Waals surface area contributed by atoms with Gasteiger partial charge < -0.3 is 15.0 Å². The van der Waals surface area contributed by atoms with E-state index in [2.05, 4.69) is 64.1 Å². The summed E-state index contributed by atoms with van der Waals surface area (Å²) in [4.78, 5) is 59.6. The number of pyridine rings is 4. The fraction of sp³-hybridized carbons (Fsp3) is 0.340. The van der Waals surface area contributed by atoms with Crippen LogP contribution in [0.4, 0.5) is 4.79 Å². The number of benzene rings is 2. The third-order valence-electron chi connectivity index (χ3n) is 13.9. The van der Waals surface area contributed by atoms with Crippen LogP contribution >= 0.6 is 12.4 Å². The van der Waals surface area contributed by atoms with E-state index in [-0.39, 0.29) is 42.0 Å². The number of imidazole rings is 2. The molecule has 2 fully saturated rings. The van der Waals surface area contributed by atoms with Crippen LogP contribution in [0.15, 0.2) is 107 Å². The van der Waals surface area contributed by atoms with Gasteiger partial charge >= 0.3 is 17.5 Å². The highest BCUT2D eigenvalue weighted by atomic mass is 35.5. The van der Waals surface area contributed by atoms with Crippen LogP contribution in [-0.2, 0) is 32.9 Å². The zero-order valence-corrected chi connectivity index (χ0v) is 43.1. The van der Waals surface area contributed by atoms with Gasteiger partial charge in [-0.25, -0.2) is 14.4 Å². The number of aromatic nitrogens is 14. The largest absolute Gasteiger partial charge is 0.444 e. The number of likely N-dealkylation sites (tertiary alicyclic amines) is 1. The fourth-order valence-electron chi connectivity index (χ4n) is 10.2. The molecular weight excluding hydrogens is 960 g/mol. The predicted octanol–water partition coefficient (Wildman–Crippen LogP) is 7.41. The number of nitrogens with zero attached hydrogens (tertiary/aromatic N) is 15. The summed E-state index contributed by atoms with van der Waals surface area (Å²) in [6, 6.07) is 20.3. The number of hydrogen-bond donors (Lipinski definition) is 1. The molecule has 0 saturated carbocycles. The Kier molecular flexibility index (Phi) is 13.2. The van der Waals surface area contributed by atoms with Crippen molar-refractivity contribution >= 4 is 62.4 Å². The van der Waals surface area contributed by atoms with Crippen molar-refractivity contribution in [1.82, 2.24) is 78.4 Å². The minimum absolute atomic E-state index is 0. The van der Waals surface area contributed by atoms with Crippen molar-refractivity contribution in [3.05, 3.63) is 119 Å². The zero-order valence-electron chi connectivity index (χ0n) is 42.3. The summed E-state index contributed by atoms with van der Waals surface area (Å²) in [5.74, 6) is 0. The number of carbonyl (C=O) groups excluding carboxylic acids is 1. The van der Waals surface area contributed by atoms with E-state index in [4.69, 9.17) is 4.74 Å². The van der Waals surface area contributed by atoms with Crippen molar-refractivity contribution in [2.45, 2.75) is 64.1 Å².